The van der Waals surface area contributed by atoms with Crippen molar-refractivity contribution in [1.29, 1.82) is 0 Å². The van der Waals surface area contributed by atoms with Crippen molar-refractivity contribution in [2.45, 2.75) is 65.7 Å². The van der Waals surface area contributed by atoms with Crippen LogP contribution < -0.4 is 16.0 Å². The predicted molar refractivity (Wildman–Crippen MR) is 135 cm³/mol. The molecule has 4 rings (SSSR count). The molecular weight excluding hydrogens is 426 g/mol. The topological polar surface area (TPSA) is 87.5 Å². The van der Waals surface area contributed by atoms with E-state index in [1.807, 2.05) is 28.8 Å². The number of pyridine rings is 1. The number of carbonyl (C=O) groups is 2. The van der Waals surface area contributed by atoms with Crippen molar-refractivity contribution in [3.05, 3.63) is 35.8 Å². The highest BCUT2D eigenvalue weighted by atomic mass is 16.2. The molecule has 0 radical (unpaired) electrons. The zero-order chi connectivity index (χ0) is 24.1. The van der Waals surface area contributed by atoms with Crippen molar-refractivity contribution in [1.82, 2.24) is 25.3 Å². The number of nitrogens with one attached hydrogen (secondary N) is 3. The molecule has 34 heavy (non-hydrogen) atoms. The second-order valence-corrected chi connectivity index (χ2v) is 11.0. The Bertz CT molecular complexity index is 992. The lowest BCUT2D eigenvalue weighted by Crippen LogP contribution is -2.38. The van der Waals surface area contributed by atoms with Crippen LogP contribution in [0.1, 0.15) is 75.5 Å². The molecule has 2 aliphatic rings. The minimum atomic E-state index is -0.0830. The Morgan fingerprint density at radius 3 is 2.59 bits per heavy atom. The summed E-state index contributed by atoms with van der Waals surface area (Å²) in [6.07, 6.45) is 9.05. The summed E-state index contributed by atoms with van der Waals surface area (Å²) in [4.78, 5) is 30.1. The molecular formula is C27H41N5O2. The van der Waals surface area contributed by atoms with E-state index in [4.69, 9.17) is 0 Å². The van der Waals surface area contributed by atoms with E-state index >= 15 is 0 Å². The third kappa shape index (κ3) is 5.98. The number of carbonyl (C=O) groups excluding carboxylic acids is 2. The van der Waals surface area contributed by atoms with Crippen molar-refractivity contribution in [2.24, 2.45) is 23.2 Å². The van der Waals surface area contributed by atoms with Crippen LogP contribution in [0, 0.1) is 23.2 Å². The van der Waals surface area contributed by atoms with E-state index < -0.39 is 0 Å². The van der Waals surface area contributed by atoms with Crippen LogP contribution in [0.5, 0.6) is 0 Å². The molecule has 2 aromatic rings. The summed E-state index contributed by atoms with van der Waals surface area (Å²) in [5.74, 6) is 1.74. The lowest BCUT2D eigenvalue weighted by molar-refractivity contribution is -0.120. The lowest BCUT2D eigenvalue weighted by atomic mass is 9.64. The molecule has 7 heteroatoms. The van der Waals surface area contributed by atoms with Crippen LogP contribution in [0.15, 0.2) is 24.4 Å². The van der Waals surface area contributed by atoms with E-state index in [0.717, 1.165) is 44.8 Å². The first-order chi connectivity index (χ1) is 16.4. The number of fused-ring (bicyclic) bond motifs is 1. The molecule has 1 saturated heterocycles. The number of nitrogens with zero attached hydrogens (tertiary/aromatic N) is 2. The molecule has 3 N–H and O–H groups in total. The highest BCUT2D eigenvalue weighted by Gasteiger charge is 2.35. The van der Waals surface area contributed by atoms with Gasteiger partial charge in [-0.2, -0.15) is 0 Å². The van der Waals surface area contributed by atoms with Gasteiger partial charge in [0.25, 0.3) is 5.91 Å². The number of hydrogen-bond acceptors (Lipinski definition) is 4. The second-order valence-electron chi connectivity index (χ2n) is 11.0. The number of amides is 2. The van der Waals surface area contributed by atoms with Gasteiger partial charge < -0.3 is 16.0 Å². The molecule has 3 heterocycles. The number of hydrogen-bond donors (Lipinski definition) is 3. The van der Waals surface area contributed by atoms with Gasteiger partial charge in [-0.1, -0.05) is 33.3 Å². The van der Waals surface area contributed by atoms with Crippen molar-refractivity contribution >= 4 is 17.5 Å². The van der Waals surface area contributed by atoms with Crippen LogP contribution in [-0.2, 0) is 11.2 Å². The molecule has 1 aliphatic carbocycles. The number of piperidine rings is 1. The van der Waals surface area contributed by atoms with E-state index in [1.54, 1.807) is 0 Å². The second kappa shape index (κ2) is 10.9. The fourth-order valence-corrected chi connectivity index (χ4v) is 6.00. The molecule has 1 unspecified atom stereocenters. The van der Waals surface area contributed by atoms with Gasteiger partial charge in [0, 0.05) is 19.3 Å². The minimum Gasteiger partial charge on any atom is -0.355 e. The summed E-state index contributed by atoms with van der Waals surface area (Å²) in [6.45, 7) is 10.5. The molecule has 0 spiro atoms. The first-order valence-electron chi connectivity index (χ1n) is 13.1. The largest absolute Gasteiger partial charge is 0.355 e. The fourth-order valence-electron chi connectivity index (χ4n) is 6.00. The average Bonchev–Trinajstić information content (AvgIpc) is 3.23. The third-order valence-corrected chi connectivity index (χ3v) is 8.05. The molecule has 2 fully saturated rings. The van der Waals surface area contributed by atoms with Gasteiger partial charge in [-0.05, 0) is 80.5 Å². The highest BCUT2D eigenvalue weighted by molar-refractivity contribution is 5.93. The van der Waals surface area contributed by atoms with Gasteiger partial charge in [-0.25, -0.2) is 4.98 Å². The van der Waals surface area contributed by atoms with E-state index in [1.165, 1.54) is 19.3 Å². The fraction of sp³-hybridized carbons (Fsp3) is 0.667. The van der Waals surface area contributed by atoms with Gasteiger partial charge in [0.1, 0.15) is 11.3 Å². The molecule has 2 atom stereocenters. The average molecular weight is 468 g/mol. The van der Waals surface area contributed by atoms with Crippen LogP contribution in [0.3, 0.4) is 0 Å². The van der Waals surface area contributed by atoms with Crippen molar-refractivity contribution in [3.63, 3.8) is 0 Å². The quantitative estimate of drug-likeness (QED) is 0.554. The Morgan fingerprint density at radius 2 is 1.85 bits per heavy atom. The van der Waals surface area contributed by atoms with Gasteiger partial charge in [-0.15, -0.1) is 0 Å². The van der Waals surface area contributed by atoms with Crippen molar-refractivity contribution in [2.75, 3.05) is 26.2 Å². The smallest absolute Gasteiger partial charge is 0.268 e. The molecule has 7 nitrogen and oxygen atoms in total. The van der Waals surface area contributed by atoms with Crippen LogP contribution in [0.25, 0.3) is 5.65 Å². The molecule has 0 aromatic carbocycles. The van der Waals surface area contributed by atoms with Gasteiger partial charge in [0.15, 0.2) is 0 Å². The maximum atomic E-state index is 13.0. The summed E-state index contributed by atoms with van der Waals surface area (Å²) >= 11 is 0. The van der Waals surface area contributed by atoms with Crippen LogP contribution >= 0.6 is 0 Å². The molecule has 2 aromatic heterocycles. The molecule has 1 aliphatic heterocycles. The summed E-state index contributed by atoms with van der Waals surface area (Å²) in [7, 11) is 0. The number of rotatable bonds is 8. The third-order valence-electron chi connectivity index (χ3n) is 8.05. The SMILES string of the molecule is CCC1CC[C@@H](CNC(=O)c2cccc3nc(CC(=O)NCC4CCNCC4)cn23)CC1(C)C. The Balaban J connectivity index is 1.34. The Hall–Kier alpha value is -2.41. The molecule has 1 saturated carbocycles. The summed E-state index contributed by atoms with van der Waals surface area (Å²) in [5, 5.41) is 9.57. The molecule has 186 valence electrons. The van der Waals surface area contributed by atoms with Gasteiger partial charge in [0.05, 0.1) is 12.1 Å². The van der Waals surface area contributed by atoms with Crippen molar-refractivity contribution < 1.29 is 9.59 Å². The summed E-state index contributed by atoms with van der Waals surface area (Å²) in [6, 6.07) is 5.55. The molecule has 2 amide bonds. The zero-order valence-corrected chi connectivity index (χ0v) is 21.0. The Labute approximate surface area is 203 Å². The van der Waals surface area contributed by atoms with Gasteiger partial charge >= 0.3 is 0 Å². The number of aromatic nitrogens is 2. The standard InChI is InChI=1S/C27H41N5O2/c1-4-21-9-8-20(15-27(21,2)3)17-30-26(34)23-6-5-7-24-31-22(18-32(23)24)14-25(33)29-16-19-10-12-28-13-11-19/h5-7,18-21,28H,4,8-17H2,1-3H3,(H,29,33)(H,30,34)/t20-,21?/m1/s1. The van der Waals surface area contributed by atoms with Crippen LogP contribution in [-0.4, -0.2) is 47.4 Å². The summed E-state index contributed by atoms with van der Waals surface area (Å²) in [5.41, 5.74) is 2.27. The van der Waals surface area contributed by atoms with Gasteiger partial charge in [0.2, 0.25) is 5.91 Å². The Morgan fingerprint density at radius 1 is 1.09 bits per heavy atom. The maximum absolute atomic E-state index is 13.0. The summed E-state index contributed by atoms with van der Waals surface area (Å²) < 4.78 is 1.81. The van der Waals surface area contributed by atoms with E-state index in [2.05, 4.69) is 41.7 Å². The van der Waals surface area contributed by atoms with Crippen LogP contribution in [0.2, 0.25) is 0 Å². The monoisotopic (exact) mass is 467 g/mol. The molecule has 0 bridgehead atoms. The first kappa shape index (κ1) is 24.7. The van der Waals surface area contributed by atoms with E-state index in [-0.39, 0.29) is 18.2 Å². The van der Waals surface area contributed by atoms with Gasteiger partial charge in [-0.3, -0.25) is 14.0 Å². The minimum absolute atomic E-state index is 0.0155. The van der Waals surface area contributed by atoms with E-state index in [9.17, 15) is 9.59 Å². The lowest BCUT2D eigenvalue weighted by Gasteiger charge is -2.42. The predicted octanol–water partition coefficient (Wildman–Crippen LogP) is 3.57. The van der Waals surface area contributed by atoms with E-state index in [0.29, 0.717) is 40.8 Å². The Kier molecular flexibility index (Phi) is 7.91. The normalized spacial score (nSPS) is 23.0. The van der Waals surface area contributed by atoms with Crippen LogP contribution in [0.4, 0.5) is 0 Å². The highest BCUT2D eigenvalue weighted by Crippen LogP contribution is 2.44. The van der Waals surface area contributed by atoms with Crippen molar-refractivity contribution in [3.8, 4) is 0 Å². The number of imidazole rings is 1. The first-order valence-corrected chi connectivity index (χ1v) is 13.1. The zero-order valence-electron chi connectivity index (χ0n) is 21.0. The maximum Gasteiger partial charge on any atom is 0.268 e.